The second kappa shape index (κ2) is 7.97. The van der Waals surface area contributed by atoms with E-state index in [1.165, 1.54) is 5.56 Å². The van der Waals surface area contributed by atoms with Crippen LogP contribution in [0.4, 0.5) is 4.79 Å². The lowest BCUT2D eigenvalue weighted by Crippen LogP contribution is -2.43. The van der Waals surface area contributed by atoms with Gasteiger partial charge in [-0.25, -0.2) is 4.79 Å². The van der Waals surface area contributed by atoms with Gasteiger partial charge in [-0.05, 0) is 23.4 Å². The third-order valence-corrected chi connectivity index (χ3v) is 5.05. The molecule has 1 fully saturated rings. The zero-order valence-electron chi connectivity index (χ0n) is 13.4. The molecule has 1 aromatic heterocycles. The maximum Gasteiger partial charge on any atom is 0.317 e. The summed E-state index contributed by atoms with van der Waals surface area (Å²) in [4.78, 5) is 26.9. The van der Waals surface area contributed by atoms with E-state index < -0.39 is 0 Å². The molecule has 0 aliphatic carbocycles. The van der Waals surface area contributed by atoms with E-state index in [9.17, 15) is 9.59 Å². The largest absolute Gasteiger partial charge is 0.354 e. The number of amides is 3. The molecule has 24 heavy (non-hydrogen) atoms. The van der Waals surface area contributed by atoms with Gasteiger partial charge in [0.2, 0.25) is 5.91 Å². The van der Waals surface area contributed by atoms with E-state index in [0.29, 0.717) is 26.1 Å². The van der Waals surface area contributed by atoms with Gasteiger partial charge in [0, 0.05) is 30.9 Å². The summed E-state index contributed by atoms with van der Waals surface area (Å²) in [5, 5.41) is 7.95. The number of hydrogen-bond donors (Lipinski definition) is 2. The van der Waals surface area contributed by atoms with E-state index in [1.807, 2.05) is 35.7 Å². The van der Waals surface area contributed by atoms with Crippen LogP contribution in [0.15, 0.2) is 47.8 Å². The molecular weight excluding hydrogens is 322 g/mol. The number of rotatable bonds is 4. The molecule has 1 aromatic carbocycles. The number of hydrogen-bond acceptors (Lipinski definition) is 3. The third-order valence-electron chi connectivity index (χ3n) is 4.07. The summed E-state index contributed by atoms with van der Waals surface area (Å²) in [6, 6.07) is 14.0. The second-order valence-corrected chi connectivity index (χ2v) is 6.77. The van der Waals surface area contributed by atoms with E-state index >= 15 is 0 Å². The van der Waals surface area contributed by atoms with Crippen LogP contribution in [-0.4, -0.2) is 36.5 Å². The van der Waals surface area contributed by atoms with Gasteiger partial charge in [-0.2, -0.15) is 0 Å². The van der Waals surface area contributed by atoms with E-state index in [2.05, 4.69) is 22.8 Å². The maximum atomic E-state index is 12.6. The molecule has 2 N–H and O–H groups in total. The summed E-state index contributed by atoms with van der Waals surface area (Å²) in [5.74, 6) is 0.00407. The van der Waals surface area contributed by atoms with Crippen LogP contribution in [0.1, 0.15) is 22.9 Å². The molecule has 3 rings (SSSR count). The van der Waals surface area contributed by atoms with Gasteiger partial charge in [-0.1, -0.05) is 36.4 Å². The Morgan fingerprint density at radius 3 is 2.79 bits per heavy atom. The Morgan fingerprint density at radius 1 is 1.21 bits per heavy atom. The van der Waals surface area contributed by atoms with Crippen molar-refractivity contribution >= 4 is 23.3 Å². The monoisotopic (exact) mass is 343 g/mol. The molecule has 1 aliphatic heterocycles. The molecule has 3 amide bonds. The predicted molar refractivity (Wildman–Crippen MR) is 94.9 cm³/mol. The van der Waals surface area contributed by atoms with Crippen molar-refractivity contribution in [3.63, 3.8) is 0 Å². The number of urea groups is 1. The van der Waals surface area contributed by atoms with Crippen LogP contribution < -0.4 is 10.6 Å². The fraction of sp³-hybridized carbons (Fsp3) is 0.333. The zero-order valence-corrected chi connectivity index (χ0v) is 14.2. The summed E-state index contributed by atoms with van der Waals surface area (Å²) in [6.07, 6.45) is 1.11. The smallest absolute Gasteiger partial charge is 0.317 e. The lowest BCUT2D eigenvalue weighted by atomic mass is 10.0. The quantitative estimate of drug-likeness (QED) is 0.896. The Kier molecular flexibility index (Phi) is 5.48. The number of carbonyl (C=O) groups excluding carboxylic acids is 2. The van der Waals surface area contributed by atoms with Crippen molar-refractivity contribution in [2.24, 2.45) is 0 Å². The van der Waals surface area contributed by atoms with E-state index in [4.69, 9.17) is 0 Å². The molecule has 1 atom stereocenters. The highest BCUT2D eigenvalue weighted by Crippen LogP contribution is 2.23. The fourth-order valence-electron chi connectivity index (χ4n) is 2.77. The van der Waals surface area contributed by atoms with Crippen molar-refractivity contribution in [1.29, 1.82) is 0 Å². The first-order valence-corrected chi connectivity index (χ1v) is 9.00. The number of nitrogens with zero attached hydrogens (tertiary/aromatic N) is 1. The molecule has 0 radical (unpaired) electrons. The number of carbonyl (C=O) groups is 2. The molecule has 0 bridgehead atoms. The summed E-state index contributed by atoms with van der Waals surface area (Å²) in [6.45, 7) is 1.51. The molecule has 1 aliphatic rings. The minimum atomic E-state index is -0.110. The highest BCUT2D eigenvalue weighted by Gasteiger charge is 2.22. The van der Waals surface area contributed by atoms with Gasteiger partial charge in [0.1, 0.15) is 0 Å². The van der Waals surface area contributed by atoms with Crippen molar-refractivity contribution in [2.75, 3.05) is 19.6 Å². The van der Waals surface area contributed by atoms with Crippen LogP contribution >= 0.6 is 11.3 Å². The summed E-state index contributed by atoms with van der Waals surface area (Å²) < 4.78 is 0. The Labute approximate surface area is 145 Å². The standard InChI is InChI=1S/C18H21N3O2S/c22-17-8-10-21(11-9-19-17)18(23)20-15(16-7-4-12-24-16)13-14-5-2-1-3-6-14/h1-7,12,15H,8-11,13H2,(H,19,22)(H,20,23)/t15-/m0/s1. The van der Waals surface area contributed by atoms with Gasteiger partial charge in [0.05, 0.1) is 6.04 Å². The normalized spacial score (nSPS) is 16.2. The Morgan fingerprint density at radius 2 is 2.04 bits per heavy atom. The topological polar surface area (TPSA) is 61.4 Å². The van der Waals surface area contributed by atoms with Crippen molar-refractivity contribution in [3.8, 4) is 0 Å². The summed E-state index contributed by atoms with van der Waals surface area (Å²) >= 11 is 1.64. The Bertz CT molecular complexity index is 673. The highest BCUT2D eigenvalue weighted by atomic mass is 32.1. The van der Waals surface area contributed by atoms with Crippen LogP contribution in [0.2, 0.25) is 0 Å². The minimum absolute atomic E-state index is 0.00407. The van der Waals surface area contributed by atoms with E-state index in [1.54, 1.807) is 16.2 Å². The average Bonchev–Trinajstić information content (AvgIpc) is 3.04. The highest BCUT2D eigenvalue weighted by molar-refractivity contribution is 7.10. The van der Waals surface area contributed by atoms with Gasteiger partial charge in [-0.15, -0.1) is 11.3 Å². The van der Waals surface area contributed by atoms with Crippen LogP contribution in [-0.2, 0) is 11.2 Å². The first-order chi connectivity index (χ1) is 11.7. The van der Waals surface area contributed by atoms with Crippen molar-refractivity contribution in [3.05, 3.63) is 58.3 Å². The number of thiophene rings is 1. The van der Waals surface area contributed by atoms with Crippen molar-refractivity contribution in [2.45, 2.75) is 18.9 Å². The summed E-state index contributed by atoms with van der Waals surface area (Å²) in [7, 11) is 0. The molecule has 5 nitrogen and oxygen atoms in total. The van der Waals surface area contributed by atoms with Gasteiger partial charge in [0.15, 0.2) is 0 Å². The molecule has 0 saturated carbocycles. The molecule has 2 aromatic rings. The lowest BCUT2D eigenvalue weighted by molar-refractivity contribution is -0.120. The van der Waals surface area contributed by atoms with Crippen LogP contribution in [0.25, 0.3) is 0 Å². The number of benzene rings is 1. The molecule has 6 heteroatoms. The van der Waals surface area contributed by atoms with Gasteiger partial charge >= 0.3 is 6.03 Å². The molecule has 126 valence electrons. The molecule has 1 saturated heterocycles. The number of nitrogens with one attached hydrogen (secondary N) is 2. The predicted octanol–water partition coefficient (Wildman–Crippen LogP) is 2.56. The molecule has 2 heterocycles. The molecule has 0 unspecified atom stereocenters. The summed E-state index contributed by atoms with van der Waals surface area (Å²) in [5.41, 5.74) is 1.18. The maximum absolute atomic E-state index is 12.6. The van der Waals surface area contributed by atoms with Crippen LogP contribution in [0, 0.1) is 0 Å². The van der Waals surface area contributed by atoms with Crippen LogP contribution in [0.3, 0.4) is 0 Å². The third kappa shape index (κ3) is 4.35. The van der Waals surface area contributed by atoms with E-state index in [-0.39, 0.29) is 18.0 Å². The average molecular weight is 343 g/mol. The van der Waals surface area contributed by atoms with Gasteiger partial charge in [-0.3, -0.25) is 4.79 Å². The van der Waals surface area contributed by atoms with Gasteiger partial charge < -0.3 is 15.5 Å². The lowest BCUT2D eigenvalue weighted by Gasteiger charge is -2.24. The van der Waals surface area contributed by atoms with Crippen LogP contribution in [0.5, 0.6) is 0 Å². The SMILES string of the molecule is O=C1CCN(C(=O)N[C@@H](Cc2ccccc2)c2cccs2)CCN1. The van der Waals surface area contributed by atoms with E-state index in [0.717, 1.165) is 11.3 Å². The Hall–Kier alpha value is -2.34. The van der Waals surface area contributed by atoms with Crippen molar-refractivity contribution < 1.29 is 9.59 Å². The minimum Gasteiger partial charge on any atom is -0.354 e. The van der Waals surface area contributed by atoms with Crippen molar-refractivity contribution in [1.82, 2.24) is 15.5 Å². The molecular formula is C18H21N3O2S. The first-order valence-electron chi connectivity index (χ1n) is 8.12. The van der Waals surface area contributed by atoms with Gasteiger partial charge in [0.25, 0.3) is 0 Å². The zero-order chi connectivity index (χ0) is 16.8. The Balaban J connectivity index is 1.69. The second-order valence-electron chi connectivity index (χ2n) is 5.79. The first kappa shape index (κ1) is 16.5. The molecule has 0 spiro atoms. The fourth-order valence-corrected chi connectivity index (χ4v) is 3.55.